The second-order valence-electron chi connectivity index (χ2n) is 10.6. The molecule has 1 aliphatic carbocycles. The largest absolute Gasteiger partial charge is 0.491 e. The Hall–Kier alpha value is -3.69. The van der Waals surface area contributed by atoms with Crippen molar-refractivity contribution in [2.45, 2.75) is 51.2 Å². The number of anilines is 1. The Balaban J connectivity index is 1.61. The summed E-state index contributed by atoms with van der Waals surface area (Å²) in [6.07, 6.45) is 5.19. The van der Waals surface area contributed by atoms with Gasteiger partial charge in [0.1, 0.15) is 12.4 Å². The van der Waals surface area contributed by atoms with E-state index in [1.165, 1.54) is 4.57 Å². The zero-order chi connectivity index (χ0) is 27.4. The van der Waals surface area contributed by atoms with Crippen LogP contribution in [0.3, 0.4) is 0 Å². The van der Waals surface area contributed by atoms with E-state index < -0.39 is 5.54 Å². The summed E-state index contributed by atoms with van der Waals surface area (Å²) in [6.45, 7) is 6.11. The predicted octanol–water partition coefficient (Wildman–Crippen LogP) is 3.08. The summed E-state index contributed by atoms with van der Waals surface area (Å²) < 4.78 is 7.61. The molecule has 1 fully saturated rings. The van der Waals surface area contributed by atoms with Crippen LogP contribution in [0.1, 0.15) is 48.2 Å². The highest BCUT2D eigenvalue weighted by molar-refractivity contribution is 5.95. The van der Waals surface area contributed by atoms with Crippen LogP contribution in [-0.4, -0.2) is 64.9 Å². The summed E-state index contributed by atoms with van der Waals surface area (Å²) in [5.41, 5.74) is 1.82. The van der Waals surface area contributed by atoms with Crippen LogP contribution >= 0.6 is 0 Å². The van der Waals surface area contributed by atoms with E-state index in [-0.39, 0.29) is 36.0 Å². The van der Waals surface area contributed by atoms with Crippen LogP contribution in [0.2, 0.25) is 0 Å². The number of ether oxygens (including phenoxy) is 1. The molecule has 9 nitrogen and oxygen atoms in total. The topological polar surface area (TPSA) is 109 Å². The first-order valence-corrected chi connectivity index (χ1v) is 12.9. The number of para-hydroxylation sites is 1. The van der Waals surface area contributed by atoms with E-state index in [4.69, 9.17) is 4.74 Å². The minimum atomic E-state index is -0.712. The lowest BCUT2D eigenvalue weighted by Crippen LogP contribution is -2.37. The van der Waals surface area contributed by atoms with Crippen molar-refractivity contribution in [3.63, 3.8) is 0 Å². The highest BCUT2D eigenvalue weighted by Crippen LogP contribution is 2.32. The Morgan fingerprint density at radius 3 is 2.66 bits per heavy atom. The van der Waals surface area contributed by atoms with Gasteiger partial charge in [0.15, 0.2) is 5.82 Å². The van der Waals surface area contributed by atoms with Crippen LogP contribution in [0.25, 0.3) is 5.69 Å². The van der Waals surface area contributed by atoms with Gasteiger partial charge in [-0.1, -0.05) is 24.3 Å². The van der Waals surface area contributed by atoms with Crippen LogP contribution in [0, 0.1) is 6.92 Å². The number of benzene rings is 2. The zero-order valence-electron chi connectivity index (χ0n) is 22.7. The van der Waals surface area contributed by atoms with Crippen LogP contribution in [0.15, 0.2) is 59.7 Å². The average Bonchev–Trinajstić information content (AvgIpc) is 3.70. The standard InChI is InChI=1S/C29H37N5O4/c1-19-10-11-20(27(36)31-21-12-13-21)16-24(19)34-15-14-30-26(28(34)37)32-29(2,3)23-8-6-7-9-25(23)38-18-22(17-35)33(4)5/h6-11,14-16,21-22,35H,12-13,17-18H2,1-5H3,(H,30,32)(H,31,36)/t22-/m0/s1. The molecule has 1 aliphatic rings. The van der Waals surface area contributed by atoms with Gasteiger partial charge in [-0.3, -0.25) is 14.2 Å². The molecule has 4 rings (SSSR count). The summed E-state index contributed by atoms with van der Waals surface area (Å²) in [5, 5.41) is 16.0. The van der Waals surface area contributed by atoms with Crippen molar-refractivity contribution in [3.8, 4) is 11.4 Å². The van der Waals surface area contributed by atoms with E-state index in [0.717, 1.165) is 24.0 Å². The minimum absolute atomic E-state index is 0.0207. The molecular formula is C29H37N5O4. The third-order valence-corrected chi connectivity index (χ3v) is 6.85. The summed E-state index contributed by atoms with van der Waals surface area (Å²) in [4.78, 5) is 32.5. The molecule has 1 amide bonds. The fourth-order valence-electron chi connectivity index (χ4n) is 4.22. The molecule has 38 heavy (non-hydrogen) atoms. The van der Waals surface area contributed by atoms with E-state index in [9.17, 15) is 14.7 Å². The van der Waals surface area contributed by atoms with Gasteiger partial charge < -0.3 is 25.4 Å². The number of carbonyl (C=O) groups is 1. The third-order valence-electron chi connectivity index (χ3n) is 6.85. The van der Waals surface area contributed by atoms with Gasteiger partial charge in [-0.15, -0.1) is 0 Å². The number of carbonyl (C=O) groups excluding carboxylic acids is 1. The number of likely N-dealkylation sites (N-methyl/N-ethyl adjacent to an activating group) is 1. The predicted molar refractivity (Wildman–Crippen MR) is 148 cm³/mol. The number of aliphatic hydroxyl groups excluding tert-OH is 1. The molecule has 0 radical (unpaired) electrons. The molecule has 1 heterocycles. The highest BCUT2D eigenvalue weighted by atomic mass is 16.5. The molecule has 0 aliphatic heterocycles. The molecule has 0 spiro atoms. The lowest BCUT2D eigenvalue weighted by molar-refractivity contribution is 0.0951. The lowest BCUT2D eigenvalue weighted by Gasteiger charge is -2.30. The van der Waals surface area contributed by atoms with E-state index in [0.29, 0.717) is 23.6 Å². The van der Waals surface area contributed by atoms with Gasteiger partial charge in [0.05, 0.1) is 23.9 Å². The molecule has 0 unspecified atom stereocenters. The van der Waals surface area contributed by atoms with Gasteiger partial charge in [-0.05, 0) is 71.5 Å². The number of nitrogens with one attached hydrogen (secondary N) is 2. The normalized spacial score (nSPS) is 14.3. The number of hydrogen-bond donors (Lipinski definition) is 3. The molecule has 3 aromatic rings. The molecular weight excluding hydrogens is 482 g/mol. The number of aromatic nitrogens is 2. The second kappa shape index (κ2) is 11.4. The molecule has 1 atom stereocenters. The molecule has 0 bridgehead atoms. The van der Waals surface area contributed by atoms with Gasteiger partial charge in [-0.25, -0.2) is 4.98 Å². The maximum atomic E-state index is 13.6. The van der Waals surface area contributed by atoms with E-state index >= 15 is 0 Å². The molecule has 0 saturated heterocycles. The molecule has 1 aromatic heterocycles. The van der Waals surface area contributed by atoms with Gasteiger partial charge in [0.2, 0.25) is 0 Å². The van der Waals surface area contributed by atoms with E-state index in [1.807, 2.05) is 70.1 Å². The first kappa shape index (κ1) is 27.3. The summed E-state index contributed by atoms with van der Waals surface area (Å²) in [6, 6.07) is 13.1. The molecule has 202 valence electrons. The smallest absolute Gasteiger partial charge is 0.297 e. The van der Waals surface area contributed by atoms with Gasteiger partial charge in [-0.2, -0.15) is 0 Å². The average molecular weight is 520 g/mol. The molecule has 9 heteroatoms. The zero-order valence-corrected chi connectivity index (χ0v) is 22.7. The summed E-state index contributed by atoms with van der Waals surface area (Å²) in [7, 11) is 3.79. The Bertz CT molecular complexity index is 1350. The van der Waals surface area contributed by atoms with Crippen molar-refractivity contribution in [1.82, 2.24) is 19.8 Å². The fourth-order valence-corrected chi connectivity index (χ4v) is 4.22. The number of aryl methyl sites for hydroxylation is 1. The number of hydrogen-bond acceptors (Lipinski definition) is 7. The van der Waals surface area contributed by atoms with Gasteiger partial charge in [0.25, 0.3) is 11.5 Å². The van der Waals surface area contributed by atoms with Crippen LogP contribution in [0.5, 0.6) is 5.75 Å². The van der Waals surface area contributed by atoms with Crippen LogP contribution < -0.4 is 20.9 Å². The maximum absolute atomic E-state index is 13.6. The highest BCUT2D eigenvalue weighted by Gasteiger charge is 2.27. The Kier molecular flexibility index (Phi) is 8.18. The van der Waals surface area contributed by atoms with E-state index in [2.05, 4.69) is 15.6 Å². The fraction of sp³-hybridized carbons (Fsp3) is 0.414. The third kappa shape index (κ3) is 6.23. The van der Waals surface area contributed by atoms with Crippen LogP contribution in [-0.2, 0) is 5.54 Å². The Morgan fingerprint density at radius 1 is 1.24 bits per heavy atom. The monoisotopic (exact) mass is 519 g/mol. The Labute approximate surface area is 223 Å². The van der Waals surface area contributed by atoms with Crippen molar-refractivity contribution in [1.29, 1.82) is 0 Å². The summed E-state index contributed by atoms with van der Waals surface area (Å²) >= 11 is 0. The Morgan fingerprint density at radius 2 is 1.97 bits per heavy atom. The van der Waals surface area contributed by atoms with Gasteiger partial charge >= 0.3 is 0 Å². The van der Waals surface area contributed by atoms with Crippen molar-refractivity contribution in [2.75, 3.05) is 32.6 Å². The number of nitrogens with zero attached hydrogens (tertiary/aromatic N) is 3. The molecule has 1 saturated carbocycles. The first-order valence-electron chi connectivity index (χ1n) is 12.9. The van der Waals surface area contributed by atoms with E-state index in [1.54, 1.807) is 24.5 Å². The summed E-state index contributed by atoms with van der Waals surface area (Å²) in [5.74, 6) is 0.706. The minimum Gasteiger partial charge on any atom is -0.491 e. The van der Waals surface area contributed by atoms with Crippen LogP contribution in [0.4, 0.5) is 5.82 Å². The molecule has 3 N–H and O–H groups in total. The maximum Gasteiger partial charge on any atom is 0.297 e. The number of aliphatic hydroxyl groups is 1. The van der Waals surface area contributed by atoms with Crippen molar-refractivity contribution < 1.29 is 14.6 Å². The van der Waals surface area contributed by atoms with Gasteiger partial charge in [0, 0.05) is 29.6 Å². The number of amides is 1. The molecule has 2 aromatic carbocycles. The number of rotatable bonds is 11. The SMILES string of the molecule is Cc1ccc(C(=O)NC2CC2)cc1-n1ccnc(NC(C)(C)c2ccccc2OC[C@H](CO)N(C)C)c1=O. The first-order chi connectivity index (χ1) is 18.1. The lowest BCUT2D eigenvalue weighted by atomic mass is 9.93. The van der Waals surface area contributed by atoms with Crippen molar-refractivity contribution in [3.05, 3.63) is 81.9 Å². The quantitative estimate of drug-likeness (QED) is 0.357. The van der Waals surface area contributed by atoms with Crippen molar-refractivity contribution in [2.24, 2.45) is 0 Å². The second-order valence-corrected chi connectivity index (χ2v) is 10.6. The van der Waals surface area contributed by atoms with Crippen molar-refractivity contribution >= 4 is 11.7 Å².